The quantitative estimate of drug-likeness (QED) is 0.559. The van der Waals surface area contributed by atoms with Crippen LogP contribution in [0.5, 0.6) is 0 Å². The third-order valence-electron chi connectivity index (χ3n) is 2.08. The summed E-state index contributed by atoms with van der Waals surface area (Å²) in [5, 5.41) is 2.45. The lowest BCUT2D eigenvalue weighted by atomic mass is 9.93. The monoisotopic (exact) mass is 149 g/mol. The number of rotatable bonds is 1. The Bertz CT molecular complexity index is 108. The lowest BCUT2D eigenvalue weighted by Crippen LogP contribution is -2.42. The molecule has 3 unspecified atom stereocenters. The molecular formula is C7H13F2N. The van der Waals surface area contributed by atoms with Crippen LogP contribution in [0.1, 0.15) is 19.8 Å². The zero-order chi connectivity index (χ0) is 7.56. The van der Waals surface area contributed by atoms with Gasteiger partial charge in [0.15, 0.2) is 6.30 Å². The lowest BCUT2D eigenvalue weighted by molar-refractivity contribution is 0.0936. The van der Waals surface area contributed by atoms with Gasteiger partial charge in [0.1, 0.15) is 6.17 Å². The van der Waals surface area contributed by atoms with E-state index in [1.807, 2.05) is 6.92 Å². The molecule has 0 radical (unpaired) electrons. The van der Waals surface area contributed by atoms with Gasteiger partial charge in [0.25, 0.3) is 0 Å². The summed E-state index contributed by atoms with van der Waals surface area (Å²) in [6.07, 6.45) is -0.769. The molecule has 1 N–H and O–H groups in total. The van der Waals surface area contributed by atoms with Crippen LogP contribution < -0.4 is 5.32 Å². The zero-order valence-electron chi connectivity index (χ0n) is 6.11. The van der Waals surface area contributed by atoms with Crippen molar-refractivity contribution >= 4 is 0 Å². The molecule has 0 aromatic carbocycles. The molecule has 0 saturated carbocycles. The first kappa shape index (κ1) is 7.92. The molecular weight excluding hydrogens is 136 g/mol. The summed E-state index contributed by atoms with van der Waals surface area (Å²) in [6, 6.07) is 0. The number of alkyl halides is 2. The molecule has 3 atom stereocenters. The minimum Gasteiger partial charge on any atom is -0.285 e. The molecule has 1 rings (SSSR count). The average molecular weight is 149 g/mol. The van der Waals surface area contributed by atoms with Crippen molar-refractivity contribution < 1.29 is 8.78 Å². The van der Waals surface area contributed by atoms with Crippen LogP contribution >= 0.6 is 0 Å². The Morgan fingerprint density at radius 3 is 2.70 bits per heavy atom. The second kappa shape index (κ2) is 3.28. The molecule has 0 amide bonds. The second-order valence-electron chi connectivity index (χ2n) is 2.80. The van der Waals surface area contributed by atoms with Gasteiger partial charge in [-0.1, -0.05) is 13.3 Å². The minimum atomic E-state index is -0.989. The van der Waals surface area contributed by atoms with Crippen LogP contribution in [0.25, 0.3) is 0 Å². The van der Waals surface area contributed by atoms with Crippen LogP contribution in [-0.2, 0) is 0 Å². The van der Waals surface area contributed by atoms with Gasteiger partial charge in [-0.15, -0.1) is 0 Å². The van der Waals surface area contributed by atoms with Gasteiger partial charge in [-0.05, 0) is 12.3 Å². The Hall–Kier alpha value is -0.180. The maximum atomic E-state index is 12.8. The fraction of sp³-hybridized carbons (Fsp3) is 1.00. The van der Waals surface area contributed by atoms with Crippen LogP contribution in [0.3, 0.4) is 0 Å². The first-order valence-electron chi connectivity index (χ1n) is 3.75. The number of hydrogen-bond donors (Lipinski definition) is 1. The summed E-state index contributed by atoms with van der Waals surface area (Å²) in [6.45, 7) is 2.08. The van der Waals surface area contributed by atoms with Gasteiger partial charge in [0, 0.05) is 6.54 Å². The normalized spacial score (nSPS) is 41.7. The molecule has 60 valence electrons. The highest BCUT2D eigenvalue weighted by atomic mass is 19.1. The smallest absolute Gasteiger partial charge is 0.151 e. The third-order valence-corrected chi connectivity index (χ3v) is 2.08. The van der Waals surface area contributed by atoms with Crippen molar-refractivity contribution in [3.05, 3.63) is 0 Å². The number of halogens is 2. The van der Waals surface area contributed by atoms with Crippen molar-refractivity contribution in [1.29, 1.82) is 0 Å². The molecule has 0 aliphatic carbocycles. The fourth-order valence-electron chi connectivity index (χ4n) is 1.33. The van der Waals surface area contributed by atoms with Crippen LogP contribution in [0.4, 0.5) is 8.78 Å². The van der Waals surface area contributed by atoms with E-state index in [9.17, 15) is 8.78 Å². The molecule has 1 aliphatic heterocycles. The molecule has 0 aromatic heterocycles. The van der Waals surface area contributed by atoms with E-state index >= 15 is 0 Å². The largest absolute Gasteiger partial charge is 0.285 e. The van der Waals surface area contributed by atoms with Crippen LogP contribution in [0, 0.1) is 5.92 Å². The summed E-state index contributed by atoms with van der Waals surface area (Å²) in [5.74, 6) is -0.0729. The summed E-state index contributed by atoms with van der Waals surface area (Å²) in [4.78, 5) is 0. The van der Waals surface area contributed by atoms with E-state index in [1.165, 1.54) is 0 Å². The van der Waals surface area contributed by atoms with E-state index in [2.05, 4.69) is 5.32 Å². The second-order valence-corrected chi connectivity index (χ2v) is 2.80. The van der Waals surface area contributed by atoms with Crippen molar-refractivity contribution in [3.63, 3.8) is 0 Å². The third kappa shape index (κ3) is 1.66. The van der Waals surface area contributed by atoms with Gasteiger partial charge < -0.3 is 0 Å². The van der Waals surface area contributed by atoms with Crippen molar-refractivity contribution in [3.8, 4) is 0 Å². The predicted molar refractivity (Wildman–Crippen MR) is 36.2 cm³/mol. The molecule has 1 nitrogen and oxygen atoms in total. The standard InChI is InChI=1S/C7H13F2N/c1-2-5-3-7(9)10-4-6(5)8/h5-7,10H,2-4H2,1H3. The van der Waals surface area contributed by atoms with E-state index in [4.69, 9.17) is 0 Å². The molecule has 1 fully saturated rings. The molecule has 1 saturated heterocycles. The highest BCUT2D eigenvalue weighted by Crippen LogP contribution is 2.22. The van der Waals surface area contributed by atoms with Crippen molar-refractivity contribution in [2.45, 2.75) is 32.2 Å². The highest BCUT2D eigenvalue weighted by Gasteiger charge is 2.28. The molecule has 0 bridgehead atoms. The molecule has 1 aliphatic rings. The first-order valence-corrected chi connectivity index (χ1v) is 3.75. The van der Waals surface area contributed by atoms with E-state index in [-0.39, 0.29) is 12.5 Å². The zero-order valence-corrected chi connectivity index (χ0v) is 6.11. The maximum absolute atomic E-state index is 12.8. The summed E-state index contributed by atoms with van der Waals surface area (Å²) in [5.41, 5.74) is 0. The van der Waals surface area contributed by atoms with Crippen LogP contribution in [0.2, 0.25) is 0 Å². The Morgan fingerprint density at radius 2 is 2.20 bits per heavy atom. The highest BCUT2D eigenvalue weighted by molar-refractivity contribution is 4.78. The Morgan fingerprint density at radius 1 is 1.50 bits per heavy atom. The van der Waals surface area contributed by atoms with Gasteiger partial charge >= 0.3 is 0 Å². The van der Waals surface area contributed by atoms with Crippen molar-refractivity contribution in [2.75, 3.05) is 6.54 Å². The number of nitrogens with one attached hydrogen (secondary N) is 1. The summed E-state index contributed by atoms with van der Waals surface area (Å²) < 4.78 is 25.3. The molecule has 10 heavy (non-hydrogen) atoms. The van der Waals surface area contributed by atoms with E-state index < -0.39 is 12.5 Å². The predicted octanol–water partition coefficient (Wildman–Crippen LogP) is 1.64. The van der Waals surface area contributed by atoms with E-state index in [1.54, 1.807) is 0 Å². The van der Waals surface area contributed by atoms with Gasteiger partial charge in [-0.25, -0.2) is 8.78 Å². The van der Waals surface area contributed by atoms with E-state index in [0.29, 0.717) is 6.42 Å². The van der Waals surface area contributed by atoms with Crippen molar-refractivity contribution in [2.24, 2.45) is 5.92 Å². The summed E-state index contributed by atoms with van der Waals surface area (Å²) >= 11 is 0. The molecule has 1 heterocycles. The van der Waals surface area contributed by atoms with E-state index in [0.717, 1.165) is 6.42 Å². The first-order chi connectivity index (χ1) is 4.74. The van der Waals surface area contributed by atoms with Gasteiger partial charge in [0.2, 0.25) is 0 Å². The average Bonchev–Trinajstić information content (AvgIpc) is 1.94. The Balaban J connectivity index is 2.38. The minimum absolute atomic E-state index is 0.0729. The van der Waals surface area contributed by atoms with Crippen LogP contribution in [-0.4, -0.2) is 19.0 Å². The Labute approximate surface area is 59.8 Å². The maximum Gasteiger partial charge on any atom is 0.151 e. The lowest BCUT2D eigenvalue weighted by Gasteiger charge is -2.27. The molecule has 0 spiro atoms. The topological polar surface area (TPSA) is 12.0 Å². The van der Waals surface area contributed by atoms with Crippen LogP contribution in [0.15, 0.2) is 0 Å². The van der Waals surface area contributed by atoms with Gasteiger partial charge in [0.05, 0.1) is 0 Å². The number of piperidine rings is 1. The Kier molecular flexibility index (Phi) is 2.60. The molecule has 3 heteroatoms. The SMILES string of the molecule is CCC1CC(F)NCC1F. The fourth-order valence-corrected chi connectivity index (χ4v) is 1.33. The van der Waals surface area contributed by atoms with Gasteiger partial charge in [-0.3, -0.25) is 5.32 Å². The number of hydrogen-bond acceptors (Lipinski definition) is 1. The van der Waals surface area contributed by atoms with Crippen molar-refractivity contribution in [1.82, 2.24) is 5.32 Å². The van der Waals surface area contributed by atoms with Gasteiger partial charge in [-0.2, -0.15) is 0 Å². The summed E-state index contributed by atoms with van der Waals surface area (Å²) in [7, 11) is 0. The molecule has 0 aromatic rings.